The molecule has 0 heterocycles. The van der Waals surface area contributed by atoms with Crippen LogP contribution in [0.15, 0.2) is 23.2 Å². The Balaban J connectivity index is 2.75. The molecule has 1 aromatic rings. The average molecular weight is 219 g/mol. The van der Waals surface area contributed by atoms with Crippen molar-refractivity contribution in [3.05, 3.63) is 23.8 Å². The second-order valence-electron chi connectivity index (χ2n) is 3.71. The molecule has 0 radical (unpaired) electrons. The number of aliphatic imine (C=N–C) groups is 1. The van der Waals surface area contributed by atoms with Gasteiger partial charge in [-0.2, -0.15) is 0 Å². The zero-order valence-corrected chi connectivity index (χ0v) is 10.4. The minimum Gasteiger partial charge on any atom is -0.384 e. The van der Waals surface area contributed by atoms with Crippen LogP contribution < -0.4 is 10.6 Å². The third-order valence-corrected chi connectivity index (χ3v) is 2.29. The first-order valence-electron chi connectivity index (χ1n) is 5.87. The van der Waals surface area contributed by atoms with Gasteiger partial charge in [-0.25, -0.2) is 0 Å². The van der Waals surface area contributed by atoms with Crippen molar-refractivity contribution >= 4 is 17.7 Å². The van der Waals surface area contributed by atoms with Crippen molar-refractivity contribution in [3.8, 4) is 0 Å². The maximum absolute atomic E-state index is 4.26. The normalized spacial score (nSPS) is 10.7. The summed E-state index contributed by atoms with van der Waals surface area (Å²) in [7, 11) is 0. The van der Waals surface area contributed by atoms with E-state index in [1.165, 1.54) is 5.56 Å². The molecule has 0 saturated heterocycles. The second kappa shape index (κ2) is 6.88. The minimum atomic E-state index is 0.870. The van der Waals surface area contributed by atoms with E-state index < -0.39 is 0 Å². The summed E-state index contributed by atoms with van der Waals surface area (Å²) in [5, 5.41) is 6.58. The number of hydrogen-bond acceptors (Lipinski definition) is 2. The molecule has 0 spiro atoms. The van der Waals surface area contributed by atoms with Gasteiger partial charge >= 0.3 is 0 Å². The molecular weight excluding hydrogens is 198 g/mol. The summed E-state index contributed by atoms with van der Waals surface area (Å²) in [5.41, 5.74) is 3.47. The maximum Gasteiger partial charge on any atom is 0.0868 e. The number of para-hydroxylation sites is 1. The highest BCUT2D eigenvalue weighted by Gasteiger charge is 2.02. The lowest BCUT2D eigenvalue weighted by Crippen LogP contribution is -2.04. The summed E-state index contributed by atoms with van der Waals surface area (Å²) in [6.07, 6.45) is 2.86. The van der Waals surface area contributed by atoms with Crippen LogP contribution in [0, 0.1) is 6.92 Å². The highest BCUT2D eigenvalue weighted by atomic mass is 15.0. The molecule has 1 rings (SSSR count). The molecule has 0 amide bonds. The Morgan fingerprint density at radius 1 is 1.31 bits per heavy atom. The van der Waals surface area contributed by atoms with Gasteiger partial charge in [0.2, 0.25) is 0 Å². The third-order valence-electron chi connectivity index (χ3n) is 2.29. The SMILES string of the molecule is CCCN=CNc1c(C)cccc1NCC. The van der Waals surface area contributed by atoms with Crippen molar-refractivity contribution < 1.29 is 0 Å². The van der Waals surface area contributed by atoms with Gasteiger partial charge < -0.3 is 10.6 Å². The van der Waals surface area contributed by atoms with Crippen molar-refractivity contribution in [2.75, 3.05) is 23.7 Å². The van der Waals surface area contributed by atoms with Gasteiger partial charge in [-0.1, -0.05) is 19.1 Å². The maximum atomic E-state index is 4.26. The number of nitrogens with zero attached hydrogens (tertiary/aromatic N) is 1. The van der Waals surface area contributed by atoms with Crippen LogP contribution in [0.5, 0.6) is 0 Å². The van der Waals surface area contributed by atoms with Crippen LogP contribution in [0.25, 0.3) is 0 Å². The van der Waals surface area contributed by atoms with Crippen LogP contribution in [0.2, 0.25) is 0 Å². The number of benzene rings is 1. The molecule has 0 bridgehead atoms. The molecule has 0 aliphatic carbocycles. The van der Waals surface area contributed by atoms with Crippen LogP contribution in [0.3, 0.4) is 0 Å². The highest BCUT2D eigenvalue weighted by Crippen LogP contribution is 2.24. The first-order chi connectivity index (χ1) is 7.79. The molecule has 3 heteroatoms. The fourth-order valence-electron chi connectivity index (χ4n) is 1.50. The molecule has 1 aromatic carbocycles. The Kier molecular flexibility index (Phi) is 5.40. The van der Waals surface area contributed by atoms with Crippen LogP contribution >= 0.6 is 0 Å². The molecule has 2 N–H and O–H groups in total. The summed E-state index contributed by atoms with van der Waals surface area (Å²) >= 11 is 0. The predicted molar refractivity (Wildman–Crippen MR) is 72.6 cm³/mol. The van der Waals surface area contributed by atoms with Crippen molar-refractivity contribution in [3.63, 3.8) is 0 Å². The summed E-state index contributed by atoms with van der Waals surface area (Å²) in [6, 6.07) is 6.23. The van der Waals surface area contributed by atoms with Crippen molar-refractivity contribution in [1.29, 1.82) is 0 Å². The van der Waals surface area contributed by atoms with Crippen molar-refractivity contribution in [2.24, 2.45) is 4.99 Å². The molecular formula is C13H21N3. The van der Waals surface area contributed by atoms with Gasteiger partial charge in [0.25, 0.3) is 0 Å². The van der Waals surface area contributed by atoms with Gasteiger partial charge in [-0.3, -0.25) is 4.99 Å². The molecule has 0 aromatic heterocycles. The number of nitrogens with one attached hydrogen (secondary N) is 2. The van der Waals surface area contributed by atoms with E-state index in [0.29, 0.717) is 0 Å². The molecule has 0 saturated carbocycles. The van der Waals surface area contributed by atoms with E-state index in [4.69, 9.17) is 0 Å². The molecule has 16 heavy (non-hydrogen) atoms. The lowest BCUT2D eigenvalue weighted by Gasteiger charge is -2.12. The molecule has 0 fully saturated rings. The Morgan fingerprint density at radius 3 is 2.81 bits per heavy atom. The average Bonchev–Trinajstić information content (AvgIpc) is 2.28. The lowest BCUT2D eigenvalue weighted by molar-refractivity contribution is 0.936. The van der Waals surface area contributed by atoms with Gasteiger partial charge in [0.05, 0.1) is 17.7 Å². The van der Waals surface area contributed by atoms with Gasteiger partial charge in [0, 0.05) is 13.1 Å². The smallest absolute Gasteiger partial charge is 0.0868 e. The Bertz CT molecular complexity index is 345. The van der Waals surface area contributed by atoms with Crippen molar-refractivity contribution in [2.45, 2.75) is 27.2 Å². The predicted octanol–water partition coefficient (Wildman–Crippen LogP) is 3.28. The quantitative estimate of drug-likeness (QED) is 0.569. The van der Waals surface area contributed by atoms with Gasteiger partial charge in [0.15, 0.2) is 0 Å². The number of hydrogen-bond donors (Lipinski definition) is 2. The van der Waals surface area contributed by atoms with E-state index in [9.17, 15) is 0 Å². The Morgan fingerprint density at radius 2 is 2.12 bits per heavy atom. The monoisotopic (exact) mass is 219 g/mol. The second-order valence-corrected chi connectivity index (χ2v) is 3.71. The standard InChI is InChI=1S/C13H21N3/c1-4-9-14-10-16-13-11(3)7-6-8-12(13)15-5-2/h6-8,10,15H,4-5,9H2,1-3H3,(H,14,16). The summed E-state index contributed by atoms with van der Waals surface area (Å²) in [4.78, 5) is 4.26. The van der Waals surface area contributed by atoms with Crippen LogP contribution in [-0.4, -0.2) is 19.4 Å². The molecule has 88 valence electrons. The van der Waals surface area contributed by atoms with E-state index in [-0.39, 0.29) is 0 Å². The topological polar surface area (TPSA) is 36.4 Å². The largest absolute Gasteiger partial charge is 0.384 e. The molecule has 0 aliphatic heterocycles. The summed E-state index contributed by atoms with van der Waals surface area (Å²) in [6.45, 7) is 8.10. The van der Waals surface area contributed by atoms with E-state index in [0.717, 1.165) is 30.9 Å². The first-order valence-corrected chi connectivity index (χ1v) is 5.87. The zero-order valence-electron chi connectivity index (χ0n) is 10.4. The fourth-order valence-corrected chi connectivity index (χ4v) is 1.50. The fraction of sp³-hybridized carbons (Fsp3) is 0.462. The Hall–Kier alpha value is -1.51. The van der Waals surface area contributed by atoms with Crippen LogP contribution in [0.4, 0.5) is 11.4 Å². The number of anilines is 2. The molecule has 3 nitrogen and oxygen atoms in total. The summed E-state index contributed by atoms with van der Waals surface area (Å²) in [5.74, 6) is 0. The van der Waals surface area contributed by atoms with Crippen molar-refractivity contribution in [1.82, 2.24) is 0 Å². The van der Waals surface area contributed by atoms with Crippen LogP contribution in [0.1, 0.15) is 25.8 Å². The molecule has 0 atom stereocenters. The van der Waals surface area contributed by atoms with E-state index in [2.05, 4.69) is 54.6 Å². The lowest BCUT2D eigenvalue weighted by atomic mass is 10.1. The zero-order chi connectivity index (χ0) is 11.8. The van der Waals surface area contributed by atoms with Gasteiger partial charge in [-0.05, 0) is 31.9 Å². The van der Waals surface area contributed by atoms with Gasteiger partial charge in [0.1, 0.15) is 0 Å². The molecule has 0 aliphatic rings. The van der Waals surface area contributed by atoms with E-state index >= 15 is 0 Å². The third kappa shape index (κ3) is 3.57. The summed E-state index contributed by atoms with van der Waals surface area (Å²) < 4.78 is 0. The van der Waals surface area contributed by atoms with Gasteiger partial charge in [-0.15, -0.1) is 0 Å². The van der Waals surface area contributed by atoms with E-state index in [1.54, 1.807) is 6.34 Å². The molecule has 0 unspecified atom stereocenters. The minimum absolute atomic E-state index is 0.870. The first kappa shape index (κ1) is 12.6. The van der Waals surface area contributed by atoms with Crippen LogP contribution in [-0.2, 0) is 0 Å². The van der Waals surface area contributed by atoms with E-state index in [1.807, 2.05) is 0 Å². The Labute approximate surface area is 98.0 Å². The number of rotatable bonds is 6. The highest BCUT2D eigenvalue weighted by molar-refractivity contribution is 5.85. The number of aryl methyl sites for hydroxylation is 1.